The molecule has 0 spiro atoms. The van der Waals surface area contributed by atoms with E-state index in [1.807, 2.05) is 0 Å². The predicted octanol–water partition coefficient (Wildman–Crippen LogP) is 3.33. The molecule has 6 nitrogen and oxygen atoms in total. The zero-order valence-corrected chi connectivity index (χ0v) is 18.8. The van der Waals surface area contributed by atoms with Gasteiger partial charge in [-0.1, -0.05) is 70.6 Å². The highest BCUT2D eigenvalue weighted by molar-refractivity contribution is 5.76. The molecule has 0 aliphatic rings. The van der Waals surface area contributed by atoms with E-state index in [2.05, 4.69) is 0 Å². The number of carbonyl (C=O) groups excluding carboxylic acids is 1. The Morgan fingerprint density at radius 1 is 0.724 bits per heavy atom. The van der Waals surface area contributed by atoms with Crippen LogP contribution in [0, 0.1) is 0 Å². The van der Waals surface area contributed by atoms with Gasteiger partial charge in [-0.05, 0) is 38.8 Å². The fourth-order valence-electron chi connectivity index (χ4n) is 3.63. The minimum Gasteiger partial charge on any atom is -0.396 e. The van der Waals surface area contributed by atoms with Gasteiger partial charge >= 0.3 is 0 Å². The van der Waals surface area contributed by atoms with Crippen LogP contribution in [0.1, 0.15) is 103 Å². The third-order valence-corrected chi connectivity index (χ3v) is 5.46. The van der Waals surface area contributed by atoms with Crippen LogP contribution < -0.4 is 11.5 Å². The first-order valence-corrected chi connectivity index (χ1v) is 12.1. The molecular formula is C23H49N3O3. The molecule has 1 unspecified atom stereocenters. The monoisotopic (exact) mass is 415 g/mol. The van der Waals surface area contributed by atoms with Crippen LogP contribution in [0.4, 0.5) is 0 Å². The average Bonchev–Trinajstić information content (AvgIpc) is 2.71. The molecule has 1 amide bonds. The first-order chi connectivity index (χ1) is 14.2. The number of hydrogen-bond acceptors (Lipinski definition) is 5. The second-order valence-corrected chi connectivity index (χ2v) is 8.28. The maximum Gasteiger partial charge on any atom is 0.222 e. The average molecular weight is 416 g/mol. The van der Waals surface area contributed by atoms with Crippen LogP contribution in [0.5, 0.6) is 0 Å². The van der Waals surface area contributed by atoms with E-state index >= 15 is 0 Å². The van der Waals surface area contributed by atoms with Crippen molar-refractivity contribution in [2.45, 2.75) is 109 Å². The van der Waals surface area contributed by atoms with Crippen LogP contribution in [0.15, 0.2) is 0 Å². The molecule has 0 saturated heterocycles. The summed E-state index contributed by atoms with van der Waals surface area (Å²) in [6.07, 6.45) is 17.1. The summed E-state index contributed by atoms with van der Waals surface area (Å²) in [6.45, 7) is 2.32. The van der Waals surface area contributed by atoms with E-state index in [9.17, 15) is 9.90 Å². The molecule has 29 heavy (non-hydrogen) atoms. The molecule has 0 rings (SSSR count). The van der Waals surface area contributed by atoms with Crippen molar-refractivity contribution in [1.82, 2.24) is 4.90 Å². The van der Waals surface area contributed by atoms with Gasteiger partial charge in [-0.2, -0.15) is 0 Å². The van der Waals surface area contributed by atoms with E-state index in [0.717, 1.165) is 32.1 Å². The van der Waals surface area contributed by atoms with Gasteiger partial charge in [0.15, 0.2) is 0 Å². The summed E-state index contributed by atoms with van der Waals surface area (Å²) in [7, 11) is 0. The van der Waals surface area contributed by atoms with Crippen LogP contribution in [-0.2, 0) is 4.79 Å². The summed E-state index contributed by atoms with van der Waals surface area (Å²) in [6, 6.07) is 0. The molecule has 0 aliphatic heterocycles. The number of nitrogens with zero attached hydrogens (tertiary/aromatic N) is 1. The summed E-state index contributed by atoms with van der Waals surface area (Å²) in [5, 5.41) is 18.7. The quantitative estimate of drug-likeness (QED) is 0.203. The summed E-state index contributed by atoms with van der Waals surface area (Å²) in [4.78, 5) is 14.2. The van der Waals surface area contributed by atoms with Crippen molar-refractivity contribution in [3.8, 4) is 0 Å². The van der Waals surface area contributed by atoms with Crippen molar-refractivity contribution < 1.29 is 15.0 Å². The van der Waals surface area contributed by atoms with Gasteiger partial charge in [0.2, 0.25) is 5.91 Å². The summed E-state index contributed by atoms with van der Waals surface area (Å²) < 4.78 is 0. The number of amides is 1. The Labute approximate surface area is 179 Å². The minimum absolute atomic E-state index is 0.133. The molecule has 1 atom stereocenters. The number of unbranched alkanes of at least 4 members (excludes halogenated alkanes) is 12. The number of hydrogen-bond donors (Lipinski definition) is 4. The Kier molecular flexibility index (Phi) is 21.5. The van der Waals surface area contributed by atoms with Gasteiger partial charge in [-0.25, -0.2) is 0 Å². The molecular weight excluding hydrogens is 366 g/mol. The number of aliphatic hydroxyl groups is 2. The van der Waals surface area contributed by atoms with Crippen molar-refractivity contribution in [1.29, 1.82) is 0 Å². The smallest absolute Gasteiger partial charge is 0.222 e. The molecule has 0 aromatic carbocycles. The van der Waals surface area contributed by atoms with Crippen LogP contribution in [-0.4, -0.2) is 59.9 Å². The molecule has 174 valence electrons. The Morgan fingerprint density at radius 3 is 1.66 bits per heavy atom. The highest BCUT2D eigenvalue weighted by atomic mass is 16.3. The fraction of sp³-hybridized carbons (Fsp3) is 0.957. The lowest BCUT2D eigenvalue weighted by atomic mass is 10.0. The van der Waals surface area contributed by atoms with Gasteiger partial charge in [-0.3, -0.25) is 4.79 Å². The zero-order valence-electron chi connectivity index (χ0n) is 18.8. The first-order valence-electron chi connectivity index (χ1n) is 12.1. The Morgan fingerprint density at radius 2 is 1.21 bits per heavy atom. The number of carbonyl (C=O) groups is 1. The van der Waals surface area contributed by atoms with Gasteiger partial charge < -0.3 is 26.6 Å². The third-order valence-electron chi connectivity index (χ3n) is 5.46. The predicted molar refractivity (Wildman–Crippen MR) is 122 cm³/mol. The van der Waals surface area contributed by atoms with E-state index in [1.54, 1.807) is 4.90 Å². The standard InChI is InChI=1S/C23H49N3O3/c24-17-14-19-26(21-22(28)16-18-25)23(29)15-12-10-8-6-4-2-1-3-5-7-9-11-13-20-27/h22,27-28H,1-21,24-25H2. The lowest BCUT2D eigenvalue weighted by Crippen LogP contribution is -2.39. The van der Waals surface area contributed by atoms with Crippen molar-refractivity contribution in [3.05, 3.63) is 0 Å². The second kappa shape index (κ2) is 22.0. The highest BCUT2D eigenvalue weighted by Gasteiger charge is 2.16. The fourth-order valence-corrected chi connectivity index (χ4v) is 3.63. The van der Waals surface area contributed by atoms with E-state index in [-0.39, 0.29) is 5.91 Å². The molecule has 0 heterocycles. The topological polar surface area (TPSA) is 113 Å². The van der Waals surface area contributed by atoms with Crippen molar-refractivity contribution in [2.75, 3.05) is 32.8 Å². The van der Waals surface area contributed by atoms with Crippen molar-refractivity contribution >= 4 is 5.91 Å². The first kappa shape index (κ1) is 28.3. The lowest BCUT2D eigenvalue weighted by molar-refractivity contribution is -0.132. The van der Waals surface area contributed by atoms with Crippen LogP contribution >= 0.6 is 0 Å². The number of nitrogens with two attached hydrogens (primary N) is 2. The molecule has 0 fully saturated rings. The maximum atomic E-state index is 12.4. The van der Waals surface area contributed by atoms with Gasteiger partial charge in [0.1, 0.15) is 0 Å². The Balaban J connectivity index is 3.62. The number of aliphatic hydroxyl groups excluding tert-OH is 2. The molecule has 0 bridgehead atoms. The van der Waals surface area contributed by atoms with Crippen molar-refractivity contribution in [2.24, 2.45) is 11.5 Å². The molecule has 6 heteroatoms. The molecule has 0 aromatic rings. The van der Waals surface area contributed by atoms with Gasteiger partial charge in [0, 0.05) is 26.1 Å². The highest BCUT2D eigenvalue weighted by Crippen LogP contribution is 2.13. The maximum absolute atomic E-state index is 12.4. The summed E-state index contributed by atoms with van der Waals surface area (Å²) in [5.41, 5.74) is 11.1. The molecule has 0 saturated carbocycles. The second-order valence-electron chi connectivity index (χ2n) is 8.28. The normalized spacial score (nSPS) is 12.3. The Hall–Kier alpha value is -0.690. The largest absolute Gasteiger partial charge is 0.396 e. The zero-order chi connectivity index (χ0) is 21.6. The van der Waals surface area contributed by atoms with Crippen LogP contribution in [0.2, 0.25) is 0 Å². The SMILES string of the molecule is NCCCN(CC(O)CCN)C(=O)CCCCCCCCCCCCCCCO. The molecule has 0 radical (unpaired) electrons. The molecule has 0 aromatic heterocycles. The van der Waals surface area contributed by atoms with Crippen LogP contribution in [0.3, 0.4) is 0 Å². The minimum atomic E-state index is -0.540. The summed E-state index contributed by atoms with van der Waals surface area (Å²) >= 11 is 0. The molecule has 0 aliphatic carbocycles. The van der Waals surface area contributed by atoms with E-state index in [1.165, 1.54) is 57.8 Å². The Bertz CT molecular complexity index is 356. The van der Waals surface area contributed by atoms with Crippen LogP contribution in [0.25, 0.3) is 0 Å². The van der Waals surface area contributed by atoms with Crippen molar-refractivity contribution in [3.63, 3.8) is 0 Å². The van der Waals surface area contributed by atoms with E-state index in [4.69, 9.17) is 16.6 Å². The third kappa shape index (κ3) is 19.0. The van der Waals surface area contributed by atoms with Gasteiger partial charge in [-0.15, -0.1) is 0 Å². The van der Waals surface area contributed by atoms with E-state index in [0.29, 0.717) is 45.6 Å². The van der Waals surface area contributed by atoms with E-state index < -0.39 is 6.10 Å². The lowest BCUT2D eigenvalue weighted by Gasteiger charge is -2.25. The van der Waals surface area contributed by atoms with Gasteiger partial charge in [0.05, 0.1) is 6.10 Å². The van der Waals surface area contributed by atoms with Gasteiger partial charge in [0.25, 0.3) is 0 Å². The number of rotatable bonds is 22. The summed E-state index contributed by atoms with van der Waals surface area (Å²) in [5.74, 6) is 0.133. The molecule has 6 N–H and O–H groups in total.